The Balaban J connectivity index is 1.87. The average Bonchev–Trinajstić information content (AvgIpc) is 3.02. The maximum Gasteiger partial charge on any atom is 0.282 e. The van der Waals surface area contributed by atoms with E-state index in [9.17, 15) is 4.79 Å². The summed E-state index contributed by atoms with van der Waals surface area (Å²) in [6, 6.07) is 4.07. The standard InChI is InChI=1S/C12H16N4OS2/c1-3-6-13-12-16-15-11(19-12)10(17)14-7-9-5-4-8(2)18-9/h4-5H,3,6-7H2,1-2H3,(H,13,16)(H,14,17). The van der Waals surface area contributed by atoms with Gasteiger partial charge < -0.3 is 10.6 Å². The number of rotatable bonds is 6. The largest absolute Gasteiger partial charge is 0.360 e. The number of carbonyl (C=O) groups is 1. The number of nitrogens with zero attached hydrogens (tertiary/aromatic N) is 2. The van der Waals surface area contributed by atoms with E-state index in [0.717, 1.165) is 17.8 Å². The molecule has 0 saturated carbocycles. The van der Waals surface area contributed by atoms with Crippen molar-refractivity contribution in [3.8, 4) is 0 Å². The fourth-order valence-corrected chi connectivity index (χ4v) is 2.96. The molecule has 2 aromatic rings. The minimum Gasteiger partial charge on any atom is -0.360 e. The lowest BCUT2D eigenvalue weighted by molar-refractivity contribution is 0.0950. The Labute approximate surface area is 120 Å². The van der Waals surface area contributed by atoms with Crippen LogP contribution in [0.4, 0.5) is 5.13 Å². The van der Waals surface area contributed by atoms with E-state index in [-0.39, 0.29) is 5.91 Å². The molecule has 7 heteroatoms. The topological polar surface area (TPSA) is 66.9 Å². The normalized spacial score (nSPS) is 10.4. The summed E-state index contributed by atoms with van der Waals surface area (Å²) in [4.78, 5) is 14.3. The number of aryl methyl sites for hydroxylation is 1. The number of anilines is 1. The quantitative estimate of drug-likeness (QED) is 0.860. The monoisotopic (exact) mass is 296 g/mol. The van der Waals surface area contributed by atoms with E-state index in [1.165, 1.54) is 16.2 Å². The third-order valence-electron chi connectivity index (χ3n) is 2.36. The van der Waals surface area contributed by atoms with Crippen molar-refractivity contribution in [1.82, 2.24) is 15.5 Å². The molecule has 0 aliphatic heterocycles. The summed E-state index contributed by atoms with van der Waals surface area (Å²) in [7, 11) is 0. The van der Waals surface area contributed by atoms with E-state index in [2.05, 4.69) is 27.8 Å². The molecule has 0 fully saturated rings. The van der Waals surface area contributed by atoms with Crippen LogP contribution in [0.1, 0.15) is 32.9 Å². The van der Waals surface area contributed by atoms with Gasteiger partial charge in [0, 0.05) is 16.3 Å². The van der Waals surface area contributed by atoms with Gasteiger partial charge in [0.1, 0.15) is 0 Å². The number of thiophene rings is 1. The molecule has 0 aliphatic carbocycles. The van der Waals surface area contributed by atoms with Crippen LogP contribution in [0.5, 0.6) is 0 Å². The predicted octanol–water partition coefficient (Wildman–Crippen LogP) is 2.66. The van der Waals surface area contributed by atoms with Crippen LogP contribution in [0.15, 0.2) is 12.1 Å². The first-order valence-electron chi connectivity index (χ1n) is 6.10. The molecule has 2 N–H and O–H groups in total. The molecule has 0 radical (unpaired) electrons. The Kier molecular flexibility index (Phi) is 4.86. The van der Waals surface area contributed by atoms with Gasteiger partial charge in [-0.3, -0.25) is 4.79 Å². The SMILES string of the molecule is CCCNc1nnc(C(=O)NCc2ccc(C)s2)s1. The van der Waals surface area contributed by atoms with Crippen LogP contribution in [0.2, 0.25) is 0 Å². The zero-order valence-electron chi connectivity index (χ0n) is 10.9. The molecule has 0 bridgehead atoms. The molecule has 1 amide bonds. The van der Waals surface area contributed by atoms with E-state index >= 15 is 0 Å². The zero-order chi connectivity index (χ0) is 13.7. The minimum absolute atomic E-state index is 0.173. The molecule has 0 aliphatic rings. The molecule has 0 spiro atoms. The van der Waals surface area contributed by atoms with E-state index in [0.29, 0.717) is 16.7 Å². The van der Waals surface area contributed by atoms with Gasteiger partial charge in [-0.15, -0.1) is 21.5 Å². The maximum absolute atomic E-state index is 11.9. The van der Waals surface area contributed by atoms with Gasteiger partial charge in [0.05, 0.1) is 6.54 Å². The number of hydrogen-bond donors (Lipinski definition) is 2. The molecule has 5 nitrogen and oxygen atoms in total. The van der Waals surface area contributed by atoms with Gasteiger partial charge in [-0.05, 0) is 25.5 Å². The van der Waals surface area contributed by atoms with Gasteiger partial charge in [0.15, 0.2) is 0 Å². The second-order valence-electron chi connectivity index (χ2n) is 4.03. The fraction of sp³-hybridized carbons (Fsp3) is 0.417. The highest BCUT2D eigenvalue weighted by molar-refractivity contribution is 7.17. The van der Waals surface area contributed by atoms with E-state index in [1.54, 1.807) is 11.3 Å². The van der Waals surface area contributed by atoms with Gasteiger partial charge in [-0.1, -0.05) is 18.3 Å². The molecule has 2 aromatic heterocycles. The van der Waals surface area contributed by atoms with Crippen molar-refractivity contribution in [1.29, 1.82) is 0 Å². The second kappa shape index (κ2) is 6.63. The Bertz CT molecular complexity index is 549. The maximum atomic E-state index is 11.9. The van der Waals surface area contributed by atoms with E-state index in [1.807, 2.05) is 19.1 Å². The predicted molar refractivity (Wildman–Crippen MR) is 78.9 cm³/mol. The van der Waals surface area contributed by atoms with Gasteiger partial charge in [-0.25, -0.2) is 0 Å². The highest BCUT2D eigenvalue weighted by atomic mass is 32.1. The highest BCUT2D eigenvalue weighted by Gasteiger charge is 2.12. The summed E-state index contributed by atoms with van der Waals surface area (Å²) in [6.07, 6.45) is 1.01. The molecular weight excluding hydrogens is 280 g/mol. The lowest BCUT2D eigenvalue weighted by Crippen LogP contribution is -2.22. The summed E-state index contributed by atoms with van der Waals surface area (Å²) in [5.41, 5.74) is 0. The molecule has 2 rings (SSSR count). The number of aromatic nitrogens is 2. The van der Waals surface area contributed by atoms with E-state index < -0.39 is 0 Å². The van der Waals surface area contributed by atoms with Crippen molar-refractivity contribution in [3.05, 3.63) is 26.9 Å². The lowest BCUT2D eigenvalue weighted by atomic mass is 10.4. The van der Waals surface area contributed by atoms with Crippen LogP contribution >= 0.6 is 22.7 Å². The fourth-order valence-electron chi connectivity index (χ4n) is 1.44. The van der Waals surface area contributed by atoms with Crippen molar-refractivity contribution >= 4 is 33.7 Å². The van der Waals surface area contributed by atoms with Crippen molar-refractivity contribution in [3.63, 3.8) is 0 Å². The average molecular weight is 296 g/mol. The molecule has 0 unspecified atom stereocenters. The van der Waals surface area contributed by atoms with Crippen molar-refractivity contribution in [2.75, 3.05) is 11.9 Å². The van der Waals surface area contributed by atoms with Crippen molar-refractivity contribution in [2.24, 2.45) is 0 Å². The molecule has 0 aromatic carbocycles. The number of hydrogen-bond acceptors (Lipinski definition) is 6. The highest BCUT2D eigenvalue weighted by Crippen LogP contribution is 2.17. The first-order valence-corrected chi connectivity index (χ1v) is 7.73. The second-order valence-corrected chi connectivity index (χ2v) is 6.38. The summed E-state index contributed by atoms with van der Waals surface area (Å²) in [6.45, 7) is 5.50. The molecule has 2 heterocycles. The van der Waals surface area contributed by atoms with Gasteiger partial charge in [-0.2, -0.15) is 0 Å². The van der Waals surface area contributed by atoms with Gasteiger partial charge in [0.25, 0.3) is 5.91 Å². The molecule has 102 valence electrons. The molecular formula is C12H16N4OS2. The van der Waals surface area contributed by atoms with Gasteiger partial charge in [0.2, 0.25) is 10.1 Å². The summed E-state index contributed by atoms with van der Waals surface area (Å²) in [5, 5.41) is 14.9. The van der Waals surface area contributed by atoms with Gasteiger partial charge >= 0.3 is 0 Å². The Morgan fingerprint density at radius 1 is 1.32 bits per heavy atom. The smallest absolute Gasteiger partial charge is 0.282 e. The van der Waals surface area contributed by atoms with Crippen LogP contribution in [0, 0.1) is 6.92 Å². The van der Waals surface area contributed by atoms with Crippen LogP contribution in [0.3, 0.4) is 0 Å². The van der Waals surface area contributed by atoms with Crippen LogP contribution in [-0.4, -0.2) is 22.6 Å². The number of nitrogens with one attached hydrogen (secondary N) is 2. The summed E-state index contributed by atoms with van der Waals surface area (Å²) >= 11 is 2.96. The first kappa shape index (κ1) is 14.0. The molecule has 0 atom stereocenters. The molecule has 0 saturated heterocycles. The summed E-state index contributed by atoms with van der Waals surface area (Å²) < 4.78 is 0. The number of carbonyl (C=O) groups excluding carboxylic acids is 1. The van der Waals surface area contributed by atoms with Crippen LogP contribution < -0.4 is 10.6 Å². The Morgan fingerprint density at radius 2 is 2.16 bits per heavy atom. The summed E-state index contributed by atoms with van der Waals surface area (Å²) in [5.74, 6) is -0.173. The zero-order valence-corrected chi connectivity index (χ0v) is 12.5. The lowest BCUT2D eigenvalue weighted by Gasteiger charge is -1.99. The third-order valence-corrected chi connectivity index (χ3v) is 4.25. The van der Waals surface area contributed by atoms with Crippen molar-refractivity contribution < 1.29 is 4.79 Å². The van der Waals surface area contributed by atoms with Crippen LogP contribution in [0.25, 0.3) is 0 Å². The third kappa shape index (κ3) is 4.00. The Hall–Kier alpha value is -1.47. The van der Waals surface area contributed by atoms with Crippen molar-refractivity contribution in [2.45, 2.75) is 26.8 Å². The number of amides is 1. The van der Waals surface area contributed by atoms with Crippen LogP contribution in [-0.2, 0) is 6.54 Å². The Morgan fingerprint density at radius 3 is 2.84 bits per heavy atom. The van der Waals surface area contributed by atoms with E-state index in [4.69, 9.17) is 0 Å². The minimum atomic E-state index is -0.173. The first-order chi connectivity index (χ1) is 9.19. The molecule has 19 heavy (non-hydrogen) atoms.